The number of hydrogen-bond donors (Lipinski definition) is 2. The summed E-state index contributed by atoms with van der Waals surface area (Å²) in [6, 6.07) is 4.90. The van der Waals surface area contributed by atoms with Crippen molar-refractivity contribution in [3.8, 4) is 11.1 Å². The van der Waals surface area contributed by atoms with Gasteiger partial charge in [-0.25, -0.2) is 9.97 Å². The molecule has 0 amide bonds. The minimum Gasteiger partial charge on any atom is -0.349 e. The summed E-state index contributed by atoms with van der Waals surface area (Å²) in [6.45, 7) is 8.39. The lowest BCUT2D eigenvalue weighted by molar-refractivity contribution is 0.470. The molecule has 0 radical (unpaired) electrons. The maximum Gasteiger partial charge on any atom is 0.222 e. The molecule has 104 valence electrons. The lowest BCUT2D eigenvalue weighted by atomic mass is 9.97. The Kier molecular flexibility index (Phi) is 3.40. The summed E-state index contributed by atoms with van der Waals surface area (Å²) in [7, 11) is 0. The highest BCUT2D eigenvalue weighted by molar-refractivity contribution is 5.67. The molecule has 0 aliphatic carbocycles. The molecule has 2 heterocycles. The van der Waals surface area contributed by atoms with Crippen LogP contribution in [0.25, 0.3) is 11.1 Å². The van der Waals surface area contributed by atoms with E-state index in [-0.39, 0.29) is 0 Å². The van der Waals surface area contributed by atoms with Crippen molar-refractivity contribution >= 4 is 5.95 Å². The third kappa shape index (κ3) is 2.51. The first kappa shape index (κ1) is 13.1. The van der Waals surface area contributed by atoms with E-state index in [2.05, 4.69) is 53.5 Å². The van der Waals surface area contributed by atoms with E-state index in [1.807, 2.05) is 12.4 Å². The van der Waals surface area contributed by atoms with E-state index in [0.717, 1.165) is 18.7 Å². The van der Waals surface area contributed by atoms with Gasteiger partial charge < -0.3 is 10.6 Å². The van der Waals surface area contributed by atoms with Crippen LogP contribution in [0.15, 0.2) is 24.5 Å². The van der Waals surface area contributed by atoms with Crippen molar-refractivity contribution in [3.63, 3.8) is 0 Å². The SMILES string of the molecule is Cc1cc(C)c(-c2cnc(NC3CNC3)nc2)cc1C. The first-order valence-electron chi connectivity index (χ1n) is 7.01. The van der Waals surface area contributed by atoms with Crippen LogP contribution in [-0.4, -0.2) is 29.1 Å². The number of hydrogen-bond acceptors (Lipinski definition) is 4. The van der Waals surface area contributed by atoms with Gasteiger partial charge in [0, 0.05) is 31.0 Å². The molecule has 0 unspecified atom stereocenters. The zero-order valence-electron chi connectivity index (χ0n) is 12.2. The average molecular weight is 268 g/mol. The zero-order chi connectivity index (χ0) is 14.1. The number of benzene rings is 1. The van der Waals surface area contributed by atoms with Gasteiger partial charge in [0.25, 0.3) is 0 Å². The van der Waals surface area contributed by atoms with E-state index >= 15 is 0 Å². The van der Waals surface area contributed by atoms with E-state index in [0.29, 0.717) is 12.0 Å². The Balaban J connectivity index is 1.85. The predicted octanol–water partition coefficient (Wildman–Crippen LogP) is 2.45. The highest BCUT2D eigenvalue weighted by Gasteiger charge is 2.17. The molecule has 1 aliphatic heterocycles. The molecule has 4 heteroatoms. The van der Waals surface area contributed by atoms with Gasteiger partial charge in [-0.15, -0.1) is 0 Å². The van der Waals surface area contributed by atoms with Crippen molar-refractivity contribution in [1.82, 2.24) is 15.3 Å². The quantitative estimate of drug-likeness (QED) is 0.898. The minimum absolute atomic E-state index is 0.462. The van der Waals surface area contributed by atoms with Crippen molar-refractivity contribution in [2.75, 3.05) is 18.4 Å². The van der Waals surface area contributed by atoms with Crippen molar-refractivity contribution in [2.24, 2.45) is 0 Å². The minimum atomic E-state index is 0.462. The van der Waals surface area contributed by atoms with E-state index < -0.39 is 0 Å². The number of anilines is 1. The molecule has 2 N–H and O–H groups in total. The molecule has 0 atom stereocenters. The van der Waals surface area contributed by atoms with E-state index in [1.165, 1.54) is 22.3 Å². The third-order valence-corrected chi connectivity index (χ3v) is 3.92. The molecule has 0 bridgehead atoms. The second-order valence-electron chi connectivity index (χ2n) is 5.55. The lowest BCUT2D eigenvalue weighted by Crippen LogP contribution is -2.51. The topological polar surface area (TPSA) is 49.8 Å². The summed E-state index contributed by atoms with van der Waals surface area (Å²) in [4.78, 5) is 8.84. The Hall–Kier alpha value is -1.94. The Labute approximate surface area is 119 Å². The van der Waals surface area contributed by atoms with Gasteiger partial charge in [-0.1, -0.05) is 12.1 Å². The summed E-state index contributed by atoms with van der Waals surface area (Å²) >= 11 is 0. The van der Waals surface area contributed by atoms with Gasteiger partial charge in [0.05, 0.1) is 6.04 Å². The maximum absolute atomic E-state index is 4.42. The first-order chi connectivity index (χ1) is 9.63. The summed E-state index contributed by atoms with van der Waals surface area (Å²) in [5, 5.41) is 6.53. The summed E-state index contributed by atoms with van der Waals surface area (Å²) < 4.78 is 0. The zero-order valence-corrected chi connectivity index (χ0v) is 12.2. The average Bonchev–Trinajstić information content (AvgIpc) is 2.39. The van der Waals surface area contributed by atoms with Crippen LogP contribution in [0.2, 0.25) is 0 Å². The number of nitrogens with one attached hydrogen (secondary N) is 2. The third-order valence-electron chi connectivity index (χ3n) is 3.92. The molecule has 1 aliphatic rings. The predicted molar refractivity (Wildman–Crippen MR) is 82.0 cm³/mol. The Morgan fingerprint density at radius 3 is 2.25 bits per heavy atom. The maximum atomic E-state index is 4.42. The van der Waals surface area contributed by atoms with E-state index in [4.69, 9.17) is 0 Å². The van der Waals surface area contributed by atoms with Crippen LogP contribution < -0.4 is 10.6 Å². The molecule has 2 aromatic rings. The van der Waals surface area contributed by atoms with Gasteiger partial charge in [-0.2, -0.15) is 0 Å². The largest absolute Gasteiger partial charge is 0.349 e. The normalized spacial score (nSPS) is 14.9. The molecule has 0 spiro atoms. The van der Waals surface area contributed by atoms with Gasteiger partial charge in [-0.05, 0) is 43.0 Å². The van der Waals surface area contributed by atoms with Crippen LogP contribution in [0.5, 0.6) is 0 Å². The lowest BCUT2D eigenvalue weighted by Gasteiger charge is -2.27. The number of rotatable bonds is 3. The molecule has 20 heavy (non-hydrogen) atoms. The van der Waals surface area contributed by atoms with Gasteiger partial charge in [-0.3, -0.25) is 0 Å². The van der Waals surface area contributed by atoms with Crippen LogP contribution in [0.4, 0.5) is 5.95 Å². The fourth-order valence-electron chi connectivity index (χ4n) is 2.39. The van der Waals surface area contributed by atoms with Gasteiger partial charge in [0.2, 0.25) is 5.95 Å². The molecular weight excluding hydrogens is 248 g/mol. The van der Waals surface area contributed by atoms with E-state index in [9.17, 15) is 0 Å². The molecule has 4 nitrogen and oxygen atoms in total. The van der Waals surface area contributed by atoms with Crippen LogP contribution in [0.3, 0.4) is 0 Å². The van der Waals surface area contributed by atoms with Gasteiger partial charge in [0.1, 0.15) is 0 Å². The van der Waals surface area contributed by atoms with Crippen LogP contribution >= 0.6 is 0 Å². The number of aromatic nitrogens is 2. The second-order valence-corrected chi connectivity index (χ2v) is 5.55. The van der Waals surface area contributed by atoms with Crippen LogP contribution in [0, 0.1) is 20.8 Å². The Bertz CT molecular complexity index is 615. The first-order valence-corrected chi connectivity index (χ1v) is 7.01. The Morgan fingerprint density at radius 2 is 1.65 bits per heavy atom. The molecule has 1 aromatic carbocycles. The van der Waals surface area contributed by atoms with Crippen LogP contribution in [0.1, 0.15) is 16.7 Å². The van der Waals surface area contributed by atoms with Gasteiger partial charge in [0.15, 0.2) is 0 Å². The van der Waals surface area contributed by atoms with Gasteiger partial charge >= 0.3 is 0 Å². The van der Waals surface area contributed by atoms with Crippen molar-refractivity contribution < 1.29 is 0 Å². The highest BCUT2D eigenvalue weighted by Crippen LogP contribution is 2.25. The van der Waals surface area contributed by atoms with E-state index in [1.54, 1.807) is 0 Å². The van der Waals surface area contributed by atoms with Crippen molar-refractivity contribution in [2.45, 2.75) is 26.8 Å². The smallest absolute Gasteiger partial charge is 0.222 e. The highest BCUT2D eigenvalue weighted by atomic mass is 15.2. The second kappa shape index (κ2) is 5.21. The fourth-order valence-corrected chi connectivity index (χ4v) is 2.39. The Morgan fingerprint density at radius 1 is 1.00 bits per heavy atom. The molecule has 1 fully saturated rings. The molecule has 0 saturated carbocycles. The number of nitrogens with zero attached hydrogens (tertiary/aromatic N) is 2. The summed E-state index contributed by atoms with van der Waals surface area (Å²) in [5.74, 6) is 0.710. The molecular formula is C16H20N4. The van der Waals surface area contributed by atoms with Crippen molar-refractivity contribution in [1.29, 1.82) is 0 Å². The monoisotopic (exact) mass is 268 g/mol. The fraction of sp³-hybridized carbons (Fsp3) is 0.375. The molecule has 3 rings (SSSR count). The molecule has 1 aromatic heterocycles. The summed E-state index contributed by atoms with van der Waals surface area (Å²) in [5.41, 5.74) is 6.17. The van der Waals surface area contributed by atoms with Crippen molar-refractivity contribution in [3.05, 3.63) is 41.2 Å². The number of aryl methyl sites for hydroxylation is 3. The summed E-state index contributed by atoms with van der Waals surface area (Å²) in [6.07, 6.45) is 3.80. The standard InChI is InChI=1S/C16H20N4/c1-10-4-12(3)15(5-11(10)2)13-6-18-16(19-7-13)20-14-8-17-9-14/h4-7,14,17H,8-9H2,1-3H3,(H,18,19,20). The molecule has 1 saturated heterocycles. The van der Waals surface area contributed by atoms with Crippen LogP contribution in [-0.2, 0) is 0 Å².